The van der Waals surface area contributed by atoms with E-state index in [0.29, 0.717) is 43.4 Å². The van der Waals surface area contributed by atoms with Crippen LogP contribution in [-0.2, 0) is 0 Å². The minimum absolute atomic E-state index is 0.132. The molecule has 6 nitrogen and oxygen atoms in total. The Kier molecular flexibility index (Phi) is 4.92. The number of rotatable bonds is 3. The summed E-state index contributed by atoms with van der Waals surface area (Å²) in [6.07, 6.45) is 4.81. The number of hydrogen-bond acceptors (Lipinski definition) is 5. The standard InChI is InChI=1S/C20H17F2N5O/c21-15-3-4-16(17(22)12-15)18-5-2-14(13-25-18)19(28)26-8-10-27(11-9-26)20-23-6-1-7-24-20/h1-7,12-13H,8-11H2. The van der Waals surface area contributed by atoms with Crippen LogP contribution < -0.4 is 4.90 Å². The lowest BCUT2D eigenvalue weighted by Gasteiger charge is -2.34. The molecule has 0 aliphatic carbocycles. The highest BCUT2D eigenvalue weighted by Crippen LogP contribution is 2.22. The highest BCUT2D eigenvalue weighted by atomic mass is 19.1. The van der Waals surface area contributed by atoms with E-state index in [4.69, 9.17) is 0 Å². The minimum atomic E-state index is -0.689. The summed E-state index contributed by atoms with van der Waals surface area (Å²) in [6.45, 7) is 2.38. The molecule has 1 aromatic carbocycles. The number of piperazine rings is 1. The van der Waals surface area contributed by atoms with E-state index in [0.717, 1.165) is 6.07 Å². The molecule has 28 heavy (non-hydrogen) atoms. The molecule has 0 unspecified atom stereocenters. The highest BCUT2D eigenvalue weighted by Gasteiger charge is 2.23. The molecule has 0 radical (unpaired) electrons. The molecule has 1 saturated heterocycles. The molecule has 1 amide bonds. The molecule has 142 valence electrons. The van der Waals surface area contributed by atoms with E-state index in [1.165, 1.54) is 18.3 Å². The van der Waals surface area contributed by atoms with E-state index in [2.05, 4.69) is 15.0 Å². The second-order valence-electron chi connectivity index (χ2n) is 6.38. The van der Waals surface area contributed by atoms with E-state index >= 15 is 0 Å². The summed E-state index contributed by atoms with van der Waals surface area (Å²) in [4.78, 5) is 29.1. The van der Waals surface area contributed by atoms with Crippen LogP contribution >= 0.6 is 0 Å². The van der Waals surface area contributed by atoms with Crippen LogP contribution in [0, 0.1) is 11.6 Å². The number of hydrogen-bond donors (Lipinski definition) is 0. The maximum atomic E-state index is 13.9. The van der Waals surface area contributed by atoms with Crippen molar-refractivity contribution < 1.29 is 13.6 Å². The fraction of sp³-hybridized carbons (Fsp3) is 0.200. The van der Waals surface area contributed by atoms with Crippen molar-refractivity contribution >= 4 is 11.9 Å². The quantitative estimate of drug-likeness (QED) is 0.698. The Hall–Kier alpha value is -3.42. The average molecular weight is 381 g/mol. The normalized spacial score (nSPS) is 14.2. The Morgan fingerprint density at radius 3 is 2.32 bits per heavy atom. The number of amides is 1. The molecule has 0 N–H and O–H groups in total. The van der Waals surface area contributed by atoms with Crippen molar-refractivity contribution in [1.29, 1.82) is 0 Å². The van der Waals surface area contributed by atoms with Gasteiger partial charge in [0.25, 0.3) is 5.91 Å². The van der Waals surface area contributed by atoms with Crippen LogP contribution in [0.4, 0.5) is 14.7 Å². The van der Waals surface area contributed by atoms with Crippen molar-refractivity contribution in [2.45, 2.75) is 0 Å². The summed E-state index contributed by atoms with van der Waals surface area (Å²) in [6, 6.07) is 8.26. The zero-order chi connectivity index (χ0) is 19.5. The zero-order valence-electron chi connectivity index (χ0n) is 14.9. The predicted octanol–water partition coefficient (Wildman–Crippen LogP) is 2.78. The van der Waals surface area contributed by atoms with Gasteiger partial charge in [0.05, 0.1) is 11.3 Å². The molecule has 2 aromatic heterocycles. The number of benzene rings is 1. The Bertz CT molecular complexity index is 974. The van der Waals surface area contributed by atoms with Gasteiger partial charge in [-0.25, -0.2) is 18.7 Å². The number of nitrogens with zero attached hydrogens (tertiary/aromatic N) is 5. The van der Waals surface area contributed by atoms with E-state index < -0.39 is 11.6 Å². The Morgan fingerprint density at radius 2 is 1.68 bits per heavy atom. The van der Waals surface area contributed by atoms with E-state index in [-0.39, 0.29) is 11.5 Å². The van der Waals surface area contributed by atoms with Crippen molar-refractivity contribution in [3.05, 3.63) is 72.2 Å². The first-order valence-electron chi connectivity index (χ1n) is 8.84. The molecule has 0 saturated carbocycles. The molecule has 0 atom stereocenters. The van der Waals surface area contributed by atoms with Crippen molar-refractivity contribution in [2.75, 3.05) is 31.1 Å². The van der Waals surface area contributed by atoms with Gasteiger partial charge in [0.2, 0.25) is 5.95 Å². The van der Waals surface area contributed by atoms with Crippen LogP contribution in [0.2, 0.25) is 0 Å². The first kappa shape index (κ1) is 18.0. The Labute approximate surface area is 160 Å². The molecule has 0 spiro atoms. The van der Waals surface area contributed by atoms with E-state index in [1.807, 2.05) is 4.90 Å². The summed E-state index contributed by atoms with van der Waals surface area (Å²) in [5.74, 6) is -0.812. The third-order valence-corrected chi connectivity index (χ3v) is 4.62. The zero-order valence-corrected chi connectivity index (χ0v) is 14.9. The first-order chi connectivity index (χ1) is 13.6. The number of aromatic nitrogens is 3. The van der Waals surface area contributed by atoms with Gasteiger partial charge in [0.15, 0.2) is 0 Å². The van der Waals surface area contributed by atoms with Crippen LogP contribution in [0.1, 0.15) is 10.4 Å². The third-order valence-electron chi connectivity index (χ3n) is 4.62. The smallest absolute Gasteiger partial charge is 0.255 e. The van der Waals surface area contributed by atoms with Gasteiger partial charge in [-0.1, -0.05) is 0 Å². The lowest BCUT2D eigenvalue weighted by molar-refractivity contribution is 0.0746. The largest absolute Gasteiger partial charge is 0.337 e. The van der Waals surface area contributed by atoms with Gasteiger partial charge < -0.3 is 9.80 Å². The minimum Gasteiger partial charge on any atom is -0.337 e. The fourth-order valence-corrected chi connectivity index (χ4v) is 3.12. The second-order valence-corrected chi connectivity index (χ2v) is 6.38. The summed E-state index contributed by atoms with van der Waals surface area (Å²) >= 11 is 0. The van der Waals surface area contributed by atoms with Gasteiger partial charge in [-0.15, -0.1) is 0 Å². The molecule has 0 bridgehead atoms. The van der Waals surface area contributed by atoms with Gasteiger partial charge in [0, 0.05) is 56.4 Å². The number of halogens is 2. The number of pyridine rings is 1. The van der Waals surface area contributed by atoms with Crippen LogP contribution in [0.15, 0.2) is 55.0 Å². The molecule has 1 aliphatic rings. The van der Waals surface area contributed by atoms with E-state index in [1.54, 1.807) is 35.5 Å². The Balaban J connectivity index is 1.43. The number of carbonyl (C=O) groups is 1. The highest BCUT2D eigenvalue weighted by molar-refractivity contribution is 5.94. The summed E-state index contributed by atoms with van der Waals surface area (Å²) in [7, 11) is 0. The SMILES string of the molecule is O=C(c1ccc(-c2ccc(F)cc2F)nc1)N1CCN(c2ncccn2)CC1. The van der Waals surface area contributed by atoms with Crippen molar-refractivity contribution in [3.63, 3.8) is 0 Å². The van der Waals surface area contributed by atoms with Crippen LogP contribution in [-0.4, -0.2) is 51.9 Å². The fourth-order valence-electron chi connectivity index (χ4n) is 3.12. The van der Waals surface area contributed by atoms with Crippen LogP contribution in [0.5, 0.6) is 0 Å². The molecule has 8 heteroatoms. The molecule has 3 heterocycles. The molecule has 4 rings (SSSR count). The van der Waals surface area contributed by atoms with Gasteiger partial charge in [0.1, 0.15) is 11.6 Å². The second kappa shape index (κ2) is 7.67. The maximum Gasteiger partial charge on any atom is 0.255 e. The van der Waals surface area contributed by atoms with Gasteiger partial charge in [-0.2, -0.15) is 0 Å². The maximum absolute atomic E-state index is 13.9. The lowest BCUT2D eigenvalue weighted by Crippen LogP contribution is -2.49. The average Bonchev–Trinajstić information content (AvgIpc) is 2.74. The topological polar surface area (TPSA) is 62.2 Å². The predicted molar refractivity (Wildman–Crippen MR) is 99.7 cm³/mol. The molecule has 3 aromatic rings. The van der Waals surface area contributed by atoms with Crippen LogP contribution in [0.25, 0.3) is 11.3 Å². The molecular formula is C20H17F2N5O. The Morgan fingerprint density at radius 1 is 0.929 bits per heavy atom. The summed E-state index contributed by atoms with van der Waals surface area (Å²) < 4.78 is 26.9. The van der Waals surface area contributed by atoms with Crippen molar-refractivity contribution in [1.82, 2.24) is 19.9 Å². The number of carbonyl (C=O) groups excluding carboxylic acids is 1. The van der Waals surface area contributed by atoms with Gasteiger partial charge in [-0.3, -0.25) is 9.78 Å². The third kappa shape index (κ3) is 3.66. The van der Waals surface area contributed by atoms with Gasteiger partial charge in [-0.05, 0) is 30.3 Å². The first-order valence-corrected chi connectivity index (χ1v) is 8.84. The molecule has 1 fully saturated rings. The van der Waals surface area contributed by atoms with Crippen LogP contribution in [0.3, 0.4) is 0 Å². The monoisotopic (exact) mass is 381 g/mol. The molecule has 1 aliphatic heterocycles. The van der Waals surface area contributed by atoms with Crippen molar-refractivity contribution in [2.24, 2.45) is 0 Å². The van der Waals surface area contributed by atoms with E-state index in [9.17, 15) is 13.6 Å². The lowest BCUT2D eigenvalue weighted by atomic mass is 10.1. The number of anilines is 1. The summed E-state index contributed by atoms with van der Waals surface area (Å²) in [5.41, 5.74) is 0.965. The van der Waals surface area contributed by atoms with Crippen molar-refractivity contribution in [3.8, 4) is 11.3 Å². The summed E-state index contributed by atoms with van der Waals surface area (Å²) in [5, 5.41) is 0. The molecular weight excluding hydrogens is 364 g/mol. The van der Waals surface area contributed by atoms with Gasteiger partial charge >= 0.3 is 0 Å².